The number of allylic oxidation sites excluding steroid dienone is 1. The Hall–Kier alpha value is -1.81. The largest absolute Gasteiger partial charge is 0.464 e. The molecule has 0 aromatic carbocycles. The highest BCUT2D eigenvalue weighted by molar-refractivity contribution is 6.76. The average molecular weight is 365 g/mol. The van der Waals surface area contributed by atoms with Crippen LogP contribution in [0.5, 0.6) is 0 Å². The molecule has 0 fully saturated rings. The molecule has 24 heavy (non-hydrogen) atoms. The minimum Gasteiger partial charge on any atom is -0.464 e. The number of aromatic nitrogens is 2. The number of carbonyl (C=O) groups excluding carboxylic acids is 1. The van der Waals surface area contributed by atoms with Crippen LogP contribution in [0.2, 0.25) is 25.7 Å². The van der Waals surface area contributed by atoms with E-state index in [1.807, 2.05) is 0 Å². The van der Waals surface area contributed by atoms with Crippen molar-refractivity contribution >= 4 is 25.3 Å². The first kappa shape index (κ1) is 20.2. The van der Waals surface area contributed by atoms with Gasteiger partial charge in [0.1, 0.15) is 12.4 Å². The van der Waals surface area contributed by atoms with E-state index < -0.39 is 37.2 Å². The summed E-state index contributed by atoms with van der Waals surface area (Å²) in [6.07, 6.45) is -4.71. The van der Waals surface area contributed by atoms with Crippen molar-refractivity contribution in [3.05, 3.63) is 18.0 Å². The number of hydrogen-bond donors (Lipinski definition) is 1. The van der Waals surface area contributed by atoms with E-state index in [0.29, 0.717) is 6.61 Å². The highest BCUT2D eigenvalue weighted by Gasteiger charge is 2.37. The molecule has 0 atom stereocenters. The molecule has 0 amide bonds. The van der Waals surface area contributed by atoms with Crippen molar-refractivity contribution in [2.24, 2.45) is 0 Å². The standard InChI is InChI=1S/C14H22F3N3O3Si/c1-9(14(15,16)17)11-10(18)12(13(21)22-2)20(19-11)8-23-6-7-24(3,4)5/h1,6-8,18H2,2-5H3. The maximum Gasteiger partial charge on any atom is 0.418 e. The van der Waals surface area contributed by atoms with E-state index in [1.165, 1.54) is 0 Å². The molecule has 0 aliphatic heterocycles. The van der Waals surface area contributed by atoms with Crippen LogP contribution in [0.3, 0.4) is 0 Å². The smallest absolute Gasteiger partial charge is 0.418 e. The fourth-order valence-electron chi connectivity index (χ4n) is 1.77. The maximum absolute atomic E-state index is 12.8. The van der Waals surface area contributed by atoms with E-state index in [2.05, 4.69) is 36.1 Å². The summed E-state index contributed by atoms with van der Waals surface area (Å²) in [5.74, 6) is -0.893. The molecule has 1 aromatic heterocycles. The zero-order valence-corrected chi connectivity index (χ0v) is 15.2. The van der Waals surface area contributed by atoms with Crippen LogP contribution in [-0.4, -0.2) is 43.7 Å². The van der Waals surface area contributed by atoms with E-state index in [0.717, 1.165) is 17.8 Å². The molecule has 0 bridgehead atoms. The first-order valence-electron chi connectivity index (χ1n) is 7.17. The monoisotopic (exact) mass is 365 g/mol. The molecule has 0 unspecified atom stereocenters. The average Bonchev–Trinajstić information content (AvgIpc) is 2.76. The number of carbonyl (C=O) groups is 1. The lowest BCUT2D eigenvalue weighted by atomic mass is 10.1. The van der Waals surface area contributed by atoms with Crippen molar-refractivity contribution in [3.8, 4) is 0 Å². The molecular weight excluding hydrogens is 343 g/mol. The van der Waals surface area contributed by atoms with E-state index in [9.17, 15) is 18.0 Å². The number of nitrogens with two attached hydrogens (primary N) is 1. The minimum absolute atomic E-state index is 0.204. The van der Waals surface area contributed by atoms with Gasteiger partial charge in [-0.2, -0.15) is 18.3 Å². The zero-order valence-electron chi connectivity index (χ0n) is 14.2. The molecule has 1 aromatic rings. The van der Waals surface area contributed by atoms with Crippen molar-refractivity contribution in [2.45, 2.75) is 38.6 Å². The molecule has 0 saturated heterocycles. The molecular formula is C14H22F3N3O3Si. The highest BCUT2D eigenvalue weighted by atomic mass is 28.3. The van der Waals surface area contributed by atoms with E-state index >= 15 is 0 Å². The van der Waals surface area contributed by atoms with Gasteiger partial charge in [-0.3, -0.25) is 0 Å². The van der Waals surface area contributed by atoms with Crippen LogP contribution in [0.15, 0.2) is 6.58 Å². The number of alkyl halides is 3. The molecule has 1 heterocycles. The van der Waals surface area contributed by atoms with Gasteiger partial charge in [0.2, 0.25) is 0 Å². The van der Waals surface area contributed by atoms with E-state index in [1.54, 1.807) is 0 Å². The number of esters is 1. The SMILES string of the molecule is C=C(c1nn(COCC[Si](C)(C)C)c(C(=O)OC)c1N)C(F)(F)F. The minimum atomic E-state index is -4.71. The molecule has 136 valence electrons. The molecule has 2 N–H and O–H groups in total. The molecule has 0 radical (unpaired) electrons. The Labute approximate surface area is 139 Å². The third-order valence-electron chi connectivity index (χ3n) is 3.21. The van der Waals surface area contributed by atoms with Crippen molar-refractivity contribution in [2.75, 3.05) is 19.5 Å². The van der Waals surface area contributed by atoms with Gasteiger partial charge in [-0.15, -0.1) is 0 Å². The van der Waals surface area contributed by atoms with Gasteiger partial charge in [0, 0.05) is 14.7 Å². The van der Waals surface area contributed by atoms with Gasteiger partial charge in [0.05, 0.1) is 18.4 Å². The Bertz CT molecular complexity index is 621. The Morgan fingerprint density at radius 3 is 2.42 bits per heavy atom. The summed E-state index contributed by atoms with van der Waals surface area (Å²) in [7, 11) is -0.219. The van der Waals surface area contributed by atoms with Crippen LogP contribution in [0, 0.1) is 0 Å². The van der Waals surface area contributed by atoms with Crippen molar-refractivity contribution in [1.29, 1.82) is 0 Å². The molecule has 0 spiro atoms. The van der Waals surface area contributed by atoms with Gasteiger partial charge < -0.3 is 15.2 Å². The Balaban J connectivity index is 3.06. The number of anilines is 1. The van der Waals surface area contributed by atoms with Gasteiger partial charge in [0.15, 0.2) is 5.69 Å². The van der Waals surface area contributed by atoms with Gasteiger partial charge in [-0.05, 0) is 6.04 Å². The second kappa shape index (κ2) is 7.39. The fraction of sp³-hybridized carbons (Fsp3) is 0.571. The number of hydrogen-bond acceptors (Lipinski definition) is 5. The summed E-state index contributed by atoms with van der Waals surface area (Å²) in [6, 6.07) is 0.861. The van der Waals surface area contributed by atoms with Crippen molar-refractivity contribution < 1.29 is 27.4 Å². The molecule has 0 saturated carbocycles. The Kier molecular flexibility index (Phi) is 6.23. The van der Waals surface area contributed by atoms with Crippen molar-refractivity contribution in [1.82, 2.24) is 9.78 Å². The topological polar surface area (TPSA) is 79.4 Å². The third kappa shape index (κ3) is 5.10. The summed E-state index contributed by atoms with van der Waals surface area (Å²) >= 11 is 0. The summed E-state index contributed by atoms with van der Waals surface area (Å²) in [4.78, 5) is 11.8. The van der Waals surface area contributed by atoms with Crippen LogP contribution in [0.4, 0.5) is 18.9 Å². The highest BCUT2D eigenvalue weighted by Crippen LogP contribution is 2.35. The number of halogens is 3. The predicted molar refractivity (Wildman–Crippen MR) is 87.2 cm³/mol. The number of ether oxygens (including phenoxy) is 2. The zero-order chi connectivity index (χ0) is 18.7. The molecule has 10 heteroatoms. The molecule has 6 nitrogen and oxygen atoms in total. The van der Waals surface area contributed by atoms with Crippen LogP contribution in [-0.2, 0) is 16.2 Å². The van der Waals surface area contributed by atoms with E-state index in [-0.39, 0.29) is 12.4 Å². The number of methoxy groups -OCH3 is 1. The van der Waals surface area contributed by atoms with Gasteiger partial charge in [-0.25, -0.2) is 9.48 Å². The number of rotatable bonds is 7. The van der Waals surface area contributed by atoms with Gasteiger partial charge in [-0.1, -0.05) is 26.2 Å². The van der Waals surface area contributed by atoms with Crippen LogP contribution in [0.1, 0.15) is 16.2 Å². The Morgan fingerprint density at radius 1 is 1.38 bits per heavy atom. The van der Waals surface area contributed by atoms with Crippen molar-refractivity contribution in [3.63, 3.8) is 0 Å². The van der Waals surface area contributed by atoms with Crippen LogP contribution >= 0.6 is 0 Å². The second-order valence-electron chi connectivity index (χ2n) is 6.43. The lowest BCUT2D eigenvalue weighted by molar-refractivity contribution is -0.0689. The summed E-state index contributed by atoms with van der Waals surface area (Å²) in [6.45, 7) is 9.64. The summed E-state index contributed by atoms with van der Waals surface area (Å²) < 4.78 is 49.4. The quantitative estimate of drug-likeness (QED) is 0.456. The fourth-order valence-corrected chi connectivity index (χ4v) is 2.52. The van der Waals surface area contributed by atoms with Crippen LogP contribution < -0.4 is 5.73 Å². The van der Waals surface area contributed by atoms with Gasteiger partial charge >= 0.3 is 12.1 Å². The summed E-state index contributed by atoms with van der Waals surface area (Å²) in [5.41, 5.74) is 3.11. The summed E-state index contributed by atoms with van der Waals surface area (Å²) in [5, 5.41) is 3.74. The predicted octanol–water partition coefficient (Wildman–Crippen LogP) is 3.14. The molecule has 0 aliphatic rings. The second-order valence-corrected chi connectivity index (χ2v) is 12.0. The third-order valence-corrected chi connectivity index (χ3v) is 4.91. The van der Waals surface area contributed by atoms with E-state index in [4.69, 9.17) is 10.5 Å². The number of nitrogens with zero attached hydrogens (tertiary/aromatic N) is 2. The first-order valence-corrected chi connectivity index (χ1v) is 10.9. The lowest BCUT2D eigenvalue weighted by Crippen LogP contribution is -2.22. The maximum atomic E-state index is 12.8. The molecule has 0 aliphatic carbocycles. The Morgan fingerprint density at radius 2 is 1.96 bits per heavy atom. The first-order chi connectivity index (χ1) is 10.9. The normalized spacial score (nSPS) is 12.3. The van der Waals surface area contributed by atoms with Crippen LogP contribution in [0.25, 0.3) is 5.57 Å². The van der Waals surface area contributed by atoms with Gasteiger partial charge in [0.25, 0.3) is 0 Å². The molecule has 1 rings (SSSR count). The lowest BCUT2D eigenvalue weighted by Gasteiger charge is -2.15. The number of nitrogen functional groups attached to an aromatic ring is 1.